The summed E-state index contributed by atoms with van der Waals surface area (Å²) in [5, 5.41) is 4.39. The van der Waals surface area contributed by atoms with Gasteiger partial charge in [-0.3, -0.25) is 9.48 Å². The fraction of sp³-hybridized carbons (Fsp3) is 0.346. The summed E-state index contributed by atoms with van der Waals surface area (Å²) >= 11 is 7.86. The first-order valence-electron chi connectivity index (χ1n) is 11.6. The summed E-state index contributed by atoms with van der Waals surface area (Å²) in [6, 6.07) is 6.83. The molecule has 11 heteroatoms. The Hall–Kier alpha value is -3.13. The SMILES string of the molecule is [C-]#[N+]c1sc2c(c1Cl)[C@@H](c1ccccc1-c1cn(CC)nc1C(F)(F)F)CN(C(=O)/C=C/CN(C)C)C2. The third-order valence-electron chi connectivity index (χ3n) is 6.16. The molecule has 37 heavy (non-hydrogen) atoms. The Morgan fingerprint density at radius 1 is 1.32 bits per heavy atom. The van der Waals surface area contributed by atoms with E-state index in [0.29, 0.717) is 33.3 Å². The van der Waals surface area contributed by atoms with Gasteiger partial charge in [0.25, 0.3) is 5.00 Å². The molecule has 1 aliphatic rings. The number of hydrogen-bond acceptors (Lipinski definition) is 4. The van der Waals surface area contributed by atoms with Crippen LogP contribution in [0.3, 0.4) is 0 Å². The first kappa shape index (κ1) is 26.9. The van der Waals surface area contributed by atoms with Crippen molar-refractivity contribution >= 4 is 33.8 Å². The molecule has 0 radical (unpaired) electrons. The topological polar surface area (TPSA) is 45.7 Å². The first-order chi connectivity index (χ1) is 17.5. The summed E-state index contributed by atoms with van der Waals surface area (Å²) in [6.07, 6.45) is 0.0305. The molecule has 1 aromatic carbocycles. The summed E-state index contributed by atoms with van der Waals surface area (Å²) in [6.45, 7) is 10.6. The maximum atomic E-state index is 14.0. The third kappa shape index (κ3) is 5.44. The second kappa shape index (κ2) is 10.7. The van der Waals surface area contributed by atoms with Gasteiger partial charge < -0.3 is 9.80 Å². The number of carbonyl (C=O) groups excluding carboxylic acids is 1. The highest BCUT2D eigenvalue weighted by molar-refractivity contribution is 7.17. The zero-order valence-electron chi connectivity index (χ0n) is 20.5. The normalized spacial score (nSPS) is 15.9. The standard InChI is InChI=1S/C26H25ClF3N5OS/c1-5-35-14-19(24(32-35)26(28,29)30)17-10-7-6-9-16(17)18-13-34(21(36)11-8-12-33(3)4)15-20-22(18)23(27)25(31-2)37-20/h6-11,14,18H,5,12-13,15H2,1,3-4H3/b11-8+/t18-/m1/s1. The molecule has 1 atom stereocenters. The molecule has 3 heterocycles. The number of hydrogen-bond donors (Lipinski definition) is 0. The number of nitrogens with zero attached hydrogens (tertiary/aromatic N) is 5. The van der Waals surface area contributed by atoms with Gasteiger partial charge in [-0.05, 0) is 37.7 Å². The molecule has 4 rings (SSSR count). The van der Waals surface area contributed by atoms with Gasteiger partial charge in [-0.25, -0.2) is 4.85 Å². The molecule has 3 aromatic rings. The lowest BCUT2D eigenvalue weighted by atomic mass is 9.83. The van der Waals surface area contributed by atoms with Crippen molar-refractivity contribution in [1.82, 2.24) is 19.6 Å². The van der Waals surface area contributed by atoms with E-state index in [0.717, 1.165) is 4.88 Å². The average Bonchev–Trinajstić information content (AvgIpc) is 3.44. The quantitative estimate of drug-likeness (QED) is 0.263. The molecule has 0 saturated carbocycles. The largest absolute Gasteiger partial charge is 0.435 e. The molecule has 6 nitrogen and oxygen atoms in total. The van der Waals surface area contributed by atoms with Crippen molar-refractivity contribution in [2.75, 3.05) is 27.2 Å². The molecule has 0 unspecified atom stereocenters. The lowest BCUT2D eigenvalue weighted by Gasteiger charge is -2.34. The van der Waals surface area contributed by atoms with E-state index in [9.17, 15) is 18.0 Å². The third-order valence-corrected chi connectivity index (χ3v) is 7.73. The van der Waals surface area contributed by atoms with Crippen molar-refractivity contribution in [3.05, 3.63) is 80.8 Å². The zero-order valence-corrected chi connectivity index (χ0v) is 22.1. The van der Waals surface area contributed by atoms with Crippen LogP contribution in [-0.4, -0.2) is 52.7 Å². The van der Waals surface area contributed by atoms with Gasteiger partial charge in [0.05, 0.1) is 18.1 Å². The number of alkyl halides is 3. The Balaban J connectivity index is 1.85. The maximum Gasteiger partial charge on any atom is 0.435 e. The summed E-state index contributed by atoms with van der Waals surface area (Å²) in [7, 11) is 3.79. The van der Waals surface area contributed by atoms with Crippen LogP contribution in [0.4, 0.5) is 18.2 Å². The number of halogens is 4. The highest BCUT2D eigenvalue weighted by Crippen LogP contribution is 2.50. The van der Waals surface area contributed by atoms with E-state index in [1.165, 1.54) is 28.3 Å². The number of thiophene rings is 1. The lowest BCUT2D eigenvalue weighted by molar-refractivity contribution is -0.141. The highest BCUT2D eigenvalue weighted by atomic mass is 35.5. The maximum absolute atomic E-state index is 14.0. The number of aryl methyl sites for hydroxylation is 1. The van der Waals surface area contributed by atoms with E-state index < -0.39 is 17.8 Å². The van der Waals surface area contributed by atoms with Gasteiger partial charge in [0.15, 0.2) is 5.69 Å². The Morgan fingerprint density at radius 3 is 2.70 bits per heavy atom. The van der Waals surface area contributed by atoms with Gasteiger partial charge in [0.1, 0.15) is 0 Å². The monoisotopic (exact) mass is 547 g/mol. The second-order valence-electron chi connectivity index (χ2n) is 8.94. The van der Waals surface area contributed by atoms with Crippen molar-refractivity contribution in [2.45, 2.75) is 32.1 Å². The van der Waals surface area contributed by atoms with E-state index in [4.69, 9.17) is 18.2 Å². The number of carbonyl (C=O) groups is 1. The summed E-state index contributed by atoms with van der Waals surface area (Å²) in [5.41, 5.74) is 0.668. The van der Waals surface area contributed by atoms with E-state index in [-0.39, 0.29) is 31.1 Å². The van der Waals surface area contributed by atoms with Crippen LogP contribution in [0.25, 0.3) is 16.0 Å². The van der Waals surface area contributed by atoms with Crippen molar-refractivity contribution in [1.29, 1.82) is 0 Å². The van der Waals surface area contributed by atoms with Crippen LogP contribution in [0, 0.1) is 6.57 Å². The van der Waals surface area contributed by atoms with Gasteiger partial charge in [-0.1, -0.05) is 41.9 Å². The van der Waals surface area contributed by atoms with Crippen LogP contribution in [-0.2, 0) is 24.1 Å². The molecule has 0 saturated heterocycles. The van der Waals surface area contributed by atoms with E-state index in [1.807, 2.05) is 19.0 Å². The fourth-order valence-electron chi connectivity index (χ4n) is 4.47. The molecular weight excluding hydrogens is 523 g/mol. The van der Waals surface area contributed by atoms with Crippen LogP contribution in [0.15, 0.2) is 42.6 Å². The Labute approximate surface area is 222 Å². The summed E-state index contributed by atoms with van der Waals surface area (Å²) in [5.74, 6) is -0.727. The van der Waals surface area contributed by atoms with Gasteiger partial charge in [0.2, 0.25) is 5.91 Å². The molecule has 0 fully saturated rings. The van der Waals surface area contributed by atoms with E-state index in [2.05, 4.69) is 9.94 Å². The number of fused-ring (bicyclic) bond motifs is 1. The van der Waals surface area contributed by atoms with Gasteiger partial charge in [-0.15, -0.1) is 0 Å². The van der Waals surface area contributed by atoms with Gasteiger partial charge in [-0.2, -0.15) is 29.6 Å². The van der Waals surface area contributed by atoms with Crippen LogP contribution in [0.1, 0.15) is 34.5 Å². The molecule has 0 bridgehead atoms. The predicted molar refractivity (Wildman–Crippen MR) is 139 cm³/mol. The number of rotatable bonds is 6. The number of amides is 1. The first-order valence-corrected chi connectivity index (χ1v) is 12.8. The van der Waals surface area contributed by atoms with Crippen LogP contribution in [0.2, 0.25) is 5.02 Å². The Bertz CT molecular complexity index is 1390. The van der Waals surface area contributed by atoms with Crippen molar-refractivity contribution in [3.8, 4) is 11.1 Å². The molecule has 2 aromatic heterocycles. The zero-order chi connectivity index (χ0) is 26.9. The van der Waals surface area contributed by atoms with Crippen LogP contribution < -0.4 is 0 Å². The molecule has 0 spiro atoms. The van der Waals surface area contributed by atoms with Gasteiger partial charge >= 0.3 is 6.18 Å². The van der Waals surface area contributed by atoms with E-state index >= 15 is 0 Å². The predicted octanol–water partition coefficient (Wildman–Crippen LogP) is 6.45. The lowest BCUT2D eigenvalue weighted by Crippen LogP contribution is -2.37. The molecule has 0 N–H and O–H groups in total. The van der Waals surface area contributed by atoms with Crippen LogP contribution >= 0.6 is 22.9 Å². The van der Waals surface area contributed by atoms with Crippen molar-refractivity contribution in [2.24, 2.45) is 0 Å². The van der Waals surface area contributed by atoms with Crippen molar-refractivity contribution < 1.29 is 18.0 Å². The van der Waals surface area contributed by atoms with Crippen molar-refractivity contribution in [3.63, 3.8) is 0 Å². The minimum Gasteiger partial charge on any atom is -0.333 e. The van der Waals surface area contributed by atoms with E-state index in [1.54, 1.807) is 42.2 Å². The molecule has 0 aliphatic carbocycles. The fourth-order valence-corrected chi connectivity index (χ4v) is 5.98. The second-order valence-corrected chi connectivity index (χ2v) is 10.4. The Kier molecular flexibility index (Phi) is 7.78. The minimum atomic E-state index is -4.64. The Morgan fingerprint density at radius 2 is 2.05 bits per heavy atom. The molecular formula is C26H25ClF3N5OS. The number of benzene rings is 1. The molecule has 1 amide bonds. The molecule has 1 aliphatic heterocycles. The average molecular weight is 548 g/mol. The summed E-state index contributed by atoms with van der Waals surface area (Å²) in [4.78, 5) is 20.9. The van der Waals surface area contributed by atoms with Gasteiger partial charge in [0, 0.05) is 48.3 Å². The van der Waals surface area contributed by atoms with Crippen LogP contribution in [0.5, 0.6) is 0 Å². The number of likely N-dealkylation sites (N-methyl/N-ethyl adjacent to an activating group) is 1. The smallest absolute Gasteiger partial charge is 0.333 e. The molecule has 194 valence electrons. The number of aromatic nitrogens is 2. The minimum absolute atomic E-state index is 0.0300. The summed E-state index contributed by atoms with van der Waals surface area (Å²) < 4.78 is 43.1. The highest BCUT2D eigenvalue weighted by Gasteiger charge is 2.40.